The largest absolute Gasteiger partial charge is 0.493 e. The van der Waals surface area contributed by atoms with Gasteiger partial charge in [0.1, 0.15) is 0 Å². The van der Waals surface area contributed by atoms with Gasteiger partial charge in [-0.25, -0.2) is 0 Å². The number of methoxy groups -OCH3 is 1. The lowest BCUT2D eigenvalue weighted by atomic mass is 9.95. The molecule has 0 aliphatic heterocycles. The molecule has 0 heterocycles. The van der Waals surface area contributed by atoms with Crippen LogP contribution in [0.4, 0.5) is 0 Å². The molecular weight excluding hydrogens is 320 g/mol. The van der Waals surface area contributed by atoms with Crippen molar-refractivity contribution in [2.75, 3.05) is 20.3 Å². The smallest absolute Gasteiger partial charge is 0.220 e. The molecule has 1 saturated carbocycles. The molecule has 0 spiro atoms. The molecule has 0 radical (unpaired) electrons. The number of carbonyl (C=O) groups excluding carboxylic acids is 2. The van der Waals surface area contributed by atoms with Crippen LogP contribution >= 0.6 is 0 Å². The Morgan fingerprint density at radius 3 is 2.60 bits per heavy atom. The van der Waals surface area contributed by atoms with Crippen LogP contribution in [0, 0.1) is 5.92 Å². The number of benzene rings is 1. The van der Waals surface area contributed by atoms with Gasteiger partial charge in [0.15, 0.2) is 17.3 Å². The highest BCUT2D eigenvalue weighted by Gasteiger charge is 2.41. The van der Waals surface area contributed by atoms with Gasteiger partial charge in [-0.1, -0.05) is 0 Å². The number of ether oxygens (including phenoxy) is 2. The predicted molar refractivity (Wildman–Crippen MR) is 96.1 cm³/mol. The molecule has 1 unspecified atom stereocenters. The van der Waals surface area contributed by atoms with E-state index in [2.05, 4.69) is 5.32 Å². The minimum absolute atomic E-state index is 0.00217. The van der Waals surface area contributed by atoms with Crippen LogP contribution in [0.25, 0.3) is 0 Å². The summed E-state index contributed by atoms with van der Waals surface area (Å²) in [4.78, 5) is 23.5. The first-order valence-electron chi connectivity index (χ1n) is 8.72. The highest BCUT2D eigenvalue weighted by Crippen LogP contribution is 2.39. The summed E-state index contributed by atoms with van der Waals surface area (Å²) in [6, 6.07) is 5.08. The first kappa shape index (κ1) is 19.2. The lowest BCUT2D eigenvalue weighted by Gasteiger charge is -2.29. The zero-order valence-corrected chi connectivity index (χ0v) is 15.3. The summed E-state index contributed by atoms with van der Waals surface area (Å²) in [5.74, 6) is 1.56. The fourth-order valence-corrected chi connectivity index (χ4v) is 2.84. The maximum Gasteiger partial charge on any atom is 0.220 e. The van der Waals surface area contributed by atoms with Crippen molar-refractivity contribution in [3.63, 3.8) is 0 Å². The third-order valence-corrected chi connectivity index (χ3v) is 4.70. The Balaban J connectivity index is 1.79. The fraction of sp³-hybridized carbons (Fsp3) is 0.579. The molecule has 1 atom stereocenters. The monoisotopic (exact) mass is 348 g/mol. The maximum atomic E-state index is 12.1. The van der Waals surface area contributed by atoms with E-state index in [1.807, 2.05) is 6.92 Å². The Bertz CT molecular complexity index is 628. The van der Waals surface area contributed by atoms with Crippen LogP contribution in [0.5, 0.6) is 11.5 Å². The van der Waals surface area contributed by atoms with Crippen LogP contribution in [-0.4, -0.2) is 37.5 Å². The van der Waals surface area contributed by atoms with Crippen molar-refractivity contribution in [2.45, 2.75) is 45.1 Å². The average molecular weight is 348 g/mol. The molecule has 1 aliphatic rings. The van der Waals surface area contributed by atoms with Gasteiger partial charge in [0, 0.05) is 18.5 Å². The number of rotatable bonds is 10. The number of nitrogens with one attached hydrogen (secondary N) is 1. The molecular formula is C19H28N2O4. The van der Waals surface area contributed by atoms with E-state index >= 15 is 0 Å². The van der Waals surface area contributed by atoms with E-state index in [1.165, 1.54) is 14.0 Å². The predicted octanol–water partition coefficient (Wildman–Crippen LogP) is 2.30. The molecule has 1 aliphatic carbocycles. The molecule has 1 amide bonds. The SMILES string of the molecule is COc1cc(C(C)=O)ccc1OCCCC(=O)NC(C)(CN)C1CC1. The number of nitrogens with two attached hydrogens (primary N) is 1. The van der Waals surface area contributed by atoms with Gasteiger partial charge in [-0.2, -0.15) is 0 Å². The first-order valence-corrected chi connectivity index (χ1v) is 8.72. The Kier molecular flexibility index (Phi) is 6.42. The summed E-state index contributed by atoms with van der Waals surface area (Å²) in [5, 5.41) is 3.06. The Morgan fingerprint density at radius 2 is 2.04 bits per heavy atom. The van der Waals surface area contributed by atoms with Crippen molar-refractivity contribution in [3.05, 3.63) is 23.8 Å². The van der Waals surface area contributed by atoms with Crippen LogP contribution in [0.1, 0.15) is 49.9 Å². The highest BCUT2D eigenvalue weighted by molar-refractivity contribution is 5.94. The summed E-state index contributed by atoms with van der Waals surface area (Å²) >= 11 is 0. The van der Waals surface area contributed by atoms with E-state index in [-0.39, 0.29) is 17.2 Å². The van der Waals surface area contributed by atoms with Crippen molar-refractivity contribution < 1.29 is 19.1 Å². The lowest BCUT2D eigenvalue weighted by Crippen LogP contribution is -2.53. The summed E-state index contributed by atoms with van der Waals surface area (Å²) in [7, 11) is 1.53. The van der Waals surface area contributed by atoms with Crippen LogP contribution in [0.2, 0.25) is 0 Å². The van der Waals surface area contributed by atoms with Crippen LogP contribution in [-0.2, 0) is 4.79 Å². The van der Waals surface area contributed by atoms with Gasteiger partial charge in [-0.3, -0.25) is 9.59 Å². The van der Waals surface area contributed by atoms with Crippen molar-refractivity contribution in [1.82, 2.24) is 5.32 Å². The molecule has 138 valence electrons. The number of carbonyl (C=O) groups is 2. The van der Waals surface area contributed by atoms with Gasteiger partial charge < -0.3 is 20.5 Å². The molecule has 0 aromatic heterocycles. The minimum atomic E-state index is -0.288. The summed E-state index contributed by atoms with van der Waals surface area (Å²) < 4.78 is 10.9. The minimum Gasteiger partial charge on any atom is -0.493 e. The van der Waals surface area contributed by atoms with Gasteiger partial charge in [0.2, 0.25) is 5.91 Å². The lowest BCUT2D eigenvalue weighted by molar-refractivity contribution is -0.123. The average Bonchev–Trinajstić information content (AvgIpc) is 3.44. The zero-order chi connectivity index (χ0) is 18.4. The number of Topliss-reactive ketones (excluding diaryl/α,β-unsaturated/α-hetero) is 1. The molecule has 3 N–H and O–H groups in total. The first-order chi connectivity index (χ1) is 11.9. The normalized spacial score (nSPS) is 16.0. The second-order valence-corrected chi connectivity index (χ2v) is 6.82. The summed E-state index contributed by atoms with van der Waals surface area (Å²) in [5.41, 5.74) is 6.10. The molecule has 1 fully saturated rings. The zero-order valence-electron chi connectivity index (χ0n) is 15.3. The third kappa shape index (κ3) is 5.19. The molecule has 6 heteroatoms. The van der Waals surface area contributed by atoms with Gasteiger partial charge in [0.25, 0.3) is 0 Å². The second kappa shape index (κ2) is 8.34. The standard InChI is InChI=1S/C19H28N2O4/c1-13(22)14-6-9-16(17(11-14)24-3)25-10-4-5-18(23)21-19(2,12-20)15-7-8-15/h6,9,11,15H,4-5,7-8,10,12,20H2,1-3H3,(H,21,23). The van der Waals surface area contributed by atoms with Crippen molar-refractivity contribution in [2.24, 2.45) is 11.7 Å². The molecule has 25 heavy (non-hydrogen) atoms. The Hall–Kier alpha value is -2.08. The van der Waals surface area contributed by atoms with E-state index in [0.29, 0.717) is 49.0 Å². The van der Waals surface area contributed by atoms with E-state index in [9.17, 15) is 9.59 Å². The van der Waals surface area contributed by atoms with Gasteiger partial charge in [0.05, 0.1) is 19.3 Å². The molecule has 0 bridgehead atoms. The molecule has 1 aromatic rings. The number of hydrogen-bond acceptors (Lipinski definition) is 5. The number of amides is 1. The fourth-order valence-electron chi connectivity index (χ4n) is 2.84. The number of ketones is 1. The van der Waals surface area contributed by atoms with E-state index in [4.69, 9.17) is 15.2 Å². The molecule has 2 rings (SSSR count). The molecule has 6 nitrogen and oxygen atoms in total. The van der Waals surface area contributed by atoms with E-state index in [0.717, 1.165) is 12.8 Å². The van der Waals surface area contributed by atoms with Crippen molar-refractivity contribution >= 4 is 11.7 Å². The van der Waals surface area contributed by atoms with Crippen molar-refractivity contribution in [3.8, 4) is 11.5 Å². The maximum absolute atomic E-state index is 12.1. The van der Waals surface area contributed by atoms with Gasteiger partial charge in [-0.05, 0) is 57.2 Å². The molecule has 1 aromatic carbocycles. The summed E-state index contributed by atoms with van der Waals surface area (Å²) in [6.07, 6.45) is 3.24. The quantitative estimate of drug-likeness (QED) is 0.500. The highest BCUT2D eigenvalue weighted by atomic mass is 16.5. The van der Waals surface area contributed by atoms with Gasteiger partial charge >= 0.3 is 0 Å². The topological polar surface area (TPSA) is 90.6 Å². The summed E-state index contributed by atoms with van der Waals surface area (Å²) in [6.45, 7) is 4.37. The molecule has 0 saturated heterocycles. The van der Waals surface area contributed by atoms with E-state index < -0.39 is 0 Å². The number of hydrogen-bond donors (Lipinski definition) is 2. The van der Waals surface area contributed by atoms with Gasteiger partial charge in [-0.15, -0.1) is 0 Å². The second-order valence-electron chi connectivity index (χ2n) is 6.82. The Morgan fingerprint density at radius 1 is 1.32 bits per heavy atom. The third-order valence-electron chi connectivity index (χ3n) is 4.70. The van der Waals surface area contributed by atoms with Crippen LogP contribution in [0.15, 0.2) is 18.2 Å². The van der Waals surface area contributed by atoms with Crippen molar-refractivity contribution in [1.29, 1.82) is 0 Å². The van der Waals surface area contributed by atoms with Crippen LogP contribution < -0.4 is 20.5 Å². The van der Waals surface area contributed by atoms with Crippen LogP contribution in [0.3, 0.4) is 0 Å². The Labute approximate surface area is 149 Å². The van der Waals surface area contributed by atoms with E-state index in [1.54, 1.807) is 18.2 Å².